The number of aliphatic hydroxyl groups is 1. The van der Waals surface area contributed by atoms with Gasteiger partial charge < -0.3 is 20.3 Å². The van der Waals surface area contributed by atoms with Gasteiger partial charge >= 0.3 is 0 Å². The summed E-state index contributed by atoms with van der Waals surface area (Å²) < 4.78 is 10.5. The van der Waals surface area contributed by atoms with Crippen LogP contribution >= 0.6 is 0 Å². The minimum Gasteiger partial charge on any atom is -0.496 e. The zero-order chi connectivity index (χ0) is 14.5. The molecule has 0 aliphatic carbocycles. The third-order valence-corrected chi connectivity index (χ3v) is 3.30. The molecule has 2 aromatic rings. The molecule has 20 heavy (non-hydrogen) atoms. The lowest BCUT2D eigenvalue weighted by atomic mass is 9.95. The van der Waals surface area contributed by atoms with E-state index in [1.54, 1.807) is 26.4 Å². The van der Waals surface area contributed by atoms with Gasteiger partial charge in [-0.1, -0.05) is 36.4 Å². The van der Waals surface area contributed by atoms with Crippen LogP contribution in [0.2, 0.25) is 0 Å². The lowest BCUT2D eigenvalue weighted by Gasteiger charge is -2.22. The summed E-state index contributed by atoms with van der Waals surface area (Å²) in [5, 5.41) is 10.5. The molecule has 0 fully saturated rings. The molecular formula is C16H19NO3. The number of hydrogen-bond donors (Lipinski definition) is 2. The van der Waals surface area contributed by atoms with Gasteiger partial charge in [-0.25, -0.2) is 0 Å². The van der Waals surface area contributed by atoms with Crippen LogP contribution in [0, 0.1) is 0 Å². The van der Waals surface area contributed by atoms with E-state index in [-0.39, 0.29) is 0 Å². The Morgan fingerprint density at radius 1 is 0.850 bits per heavy atom. The third-order valence-electron chi connectivity index (χ3n) is 3.30. The maximum Gasteiger partial charge on any atom is 0.124 e. The Balaban J connectivity index is 2.35. The highest BCUT2D eigenvalue weighted by Crippen LogP contribution is 2.35. The molecule has 0 spiro atoms. The van der Waals surface area contributed by atoms with Crippen molar-refractivity contribution >= 4 is 0 Å². The van der Waals surface area contributed by atoms with E-state index in [0.717, 1.165) is 5.56 Å². The first-order valence-electron chi connectivity index (χ1n) is 6.38. The number of para-hydroxylation sites is 2. The summed E-state index contributed by atoms with van der Waals surface area (Å²) in [5.41, 5.74) is 7.60. The van der Waals surface area contributed by atoms with Gasteiger partial charge in [-0.15, -0.1) is 0 Å². The molecule has 0 bridgehead atoms. The monoisotopic (exact) mass is 273 g/mol. The molecule has 3 N–H and O–H groups in total. The van der Waals surface area contributed by atoms with Gasteiger partial charge in [0.2, 0.25) is 0 Å². The first kappa shape index (κ1) is 14.4. The number of methoxy groups -OCH3 is 2. The summed E-state index contributed by atoms with van der Waals surface area (Å²) in [6, 6.07) is 14.1. The fraction of sp³-hybridized carbons (Fsp3) is 0.250. The van der Waals surface area contributed by atoms with Crippen LogP contribution in [0.1, 0.15) is 23.3 Å². The van der Waals surface area contributed by atoms with Crippen LogP contribution in [-0.2, 0) is 0 Å². The predicted molar refractivity (Wildman–Crippen MR) is 77.9 cm³/mol. The van der Waals surface area contributed by atoms with Gasteiger partial charge in [-0.2, -0.15) is 0 Å². The van der Waals surface area contributed by atoms with Crippen LogP contribution in [0.25, 0.3) is 0 Å². The zero-order valence-corrected chi connectivity index (χ0v) is 11.6. The molecule has 0 saturated carbocycles. The molecule has 4 heteroatoms. The molecule has 0 aliphatic heterocycles. The molecule has 0 amide bonds. The van der Waals surface area contributed by atoms with Crippen molar-refractivity contribution in [3.05, 3.63) is 59.7 Å². The van der Waals surface area contributed by atoms with Gasteiger partial charge in [0.15, 0.2) is 0 Å². The largest absolute Gasteiger partial charge is 0.496 e. The van der Waals surface area contributed by atoms with Crippen LogP contribution < -0.4 is 15.2 Å². The van der Waals surface area contributed by atoms with Crippen LogP contribution in [0.3, 0.4) is 0 Å². The summed E-state index contributed by atoms with van der Waals surface area (Å²) >= 11 is 0. The second kappa shape index (κ2) is 6.41. The van der Waals surface area contributed by atoms with E-state index in [9.17, 15) is 5.11 Å². The van der Waals surface area contributed by atoms with Gasteiger partial charge in [0.25, 0.3) is 0 Å². The fourth-order valence-corrected chi connectivity index (χ4v) is 2.22. The van der Waals surface area contributed by atoms with Gasteiger partial charge in [-0.05, 0) is 12.1 Å². The Morgan fingerprint density at radius 3 is 1.85 bits per heavy atom. The maximum absolute atomic E-state index is 10.5. The van der Waals surface area contributed by atoms with E-state index in [0.29, 0.717) is 17.1 Å². The molecule has 0 radical (unpaired) electrons. The number of nitrogens with two attached hydrogens (primary N) is 1. The number of rotatable bonds is 5. The van der Waals surface area contributed by atoms with Gasteiger partial charge in [-0.3, -0.25) is 0 Å². The van der Waals surface area contributed by atoms with Crippen molar-refractivity contribution in [1.82, 2.24) is 0 Å². The minimum atomic E-state index is -0.873. The van der Waals surface area contributed by atoms with E-state index in [4.69, 9.17) is 15.2 Å². The SMILES string of the molecule is COc1ccccc1C(N)C(O)c1ccccc1OC. The number of aliphatic hydroxyl groups excluding tert-OH is 1. The summed E-state index contributed by atoms with van der Waals surface area (Å²) in [7, 11) is 3.15. The van der Waals surface area contributed by atoms with E-state index < -0.39 is 12.1 Å². The van der Waals surface area contributed by atoms with Crippen LogP contribution in [0.15, 0.2) is 48.5 Å². The van der Waals surface area contributed by atoms with Crippen molar-refractivity contribution in [1.29, 1.82) is 0 Å². The number of benzene rings is 2. The molecule has 2 rings (SSSR count). The Labute approximate surface area is 118 Å². The molecule has 0 aromatic heterocycles. The first-order chi connectivity index (χ1) is 9.69. The average molecular weight is 273 g/mol. The maximum atomic E-state index is 10.5. The Morgan fingerprint density at radius 2 is 1.30 bits per heavy atom. The Bertz CT molecular complexity index is 520. The molecule has 4 nitrogen and oxygen atoms in total. The Hall–Kier alpha value is -2.04. The van der Waals surface area contributed by atoms with Crippen LogP contribution in [0.4, 0.5) is 0 Å². The average Bonchev–Trinajstić information content (AvgIpc) is 2.53. The third kappa shape index (κ3) is 2.76. The van der Waals surface area contributed by atoms with Gasteiger partial charge in [0.1, 0.15) is 17.6 Å². The second-order valence-corrected chi connectivity index (χ2v) is 4.45. The second-order valence-electron chi connectivity index (χ2n) is 4.45. The van der Waals surface area contributed by atoms with Crippen molar-refractivity contribution in [2.45, 2.75) is 12.1 Å². The van der Waals surface area contributed by atoms with Gasteiger partial charge in [0, 0.05) is 11.1 Å². The highest BCUT2D eigenvalue weighted by Gasteiger charge is 2.24. The molecule has 0 heterocycles. The van der Waals surface area contributed by atoms with Crippen molar-refractivity contribution in [3.63, 3.8) is 0 Å². The molecule has 2 unspecified atom stereocenters. The first-order valence-corrected chi connectivity index (χ1v) is 6.38. The Kier molecular flexibility index (Phi) is 4.61. The normalized spacial score (nSPS) is 13.6. The fourth-order valence-electron chi connectivity index (χ4n) is 2.22. The molecular weight excluding hydrogens is 254 g/mol. The van der Waals surface area contributed by atoms with E-state index >= 15 is 0 Å². The van der Waals surface area contributed by atoms with Gasteiger partial charge in [0.05, 0.1) is 20.3 Å². The number of hydrogen-bond acceptors (Lipinski definition) is 4. The quantitative estimate of drug-likeness (QED) is 0.878. The molecule has 0 aliphatic rings. The van der Waals surface area contributed by atoms with Crippen LogP contribution in [-0.4, -0.2) is 19.3 Å². The number of ether oxygens (including phenoxy) is 2. The molecule has 2 atom stereocenters. The van der Waals surface area contributed by atoms with Crippen molar-refractivity contribution in [2.75, 3.05) is 14.2 Å². The topological polar surface area (TPSA) is 64.7 Å². The lowest BCUT2D eigenvalue weighted by Crippen LogP contribution is -2.20. The highest BCUT2D eigenvalue weighted by molar-refractivity contribution is 5.41. The standard InChI is InChI=1S/C16H19NO3/c1-19-13-9-5-3-7-11(13)15(17)16(18)12-8-4-6-10-14(12)20-2/h3-10,15-16,18H,17H2,1-2H3. The smallest absolute Gasteiger partial charge is 0.124 e. The van der Waals surface area contributed by atoms with Crippen LogP contribution in [0.5, 0.6) is 11.5 Å². The summed E-state index contributed by atoms with van der Waals surface area (Å²) in [4.78, 5) is 0. The van der Waals surface area contributed by atoms with Crippen molar-refractivity contribution in [3.8, 4) is 11.5 Å². The van der Waals surface area contributed by atoms with E-state index in [1.165, 1.54) is 0 Å². The highest BCUT2D eigenvalue weighted by atomic mass is 16.5. The molecule has 2 aromatic carbocycles. The van der Waals surface area contributed by atoms with Crippen molar-refractivity contribution in [2.24, 2.45) is 5.73 Å². The zero-order valence-electron chi connectivity index (χ0n) is 11.6. The minimum absolute atomic E-state index is 0.595. The molecule has 106 valence electrons. The predicted octanol–water partition coefficient (Wildman–Crippen LogP) is 2.44. The molecule has 0 saturated heterocycles. The van der Waals surface area contributed by atoms with E-state index in [1.807, 2.05) is 36.4 Å². The summed E-state index contributed by atoms with van der Waals surface area (Å²) in [6.07, 6.45) is -0.873. The lowest BCUT2D eigenvalue weighted by molar-refractivity contribution is 0.142. The van der Waals surface area contributed by atoms with Crippen molar-refractivity contribution < 1.29 is 14.6 Å². The summed E-state index contributed by atoms with van der Waals surface area (Å²) in [6.45, 7) is 0. The van der Waals surface area contributed by atoms with E-state index in [2.05, 4.69) is 0 Å². The summed E-state index contributed by atoms with van der Waals surface area (Å²) in [5.74, 6) is 1.28.